The van der Waals surface area contributed by atoms with Crippen LogP contribution in [0.3, 0.4) is 0 Å². The quantitative estimate of drug-likeness (QED) is 0.875. The number of nitrogens with zero attached hydrogens (tertiary/aromatic N) is 1. The van der Waals surface area contributed by atoms with Crippen molar-refractivity contribution in [1.82, 2.24) is 4.98 Å². The molecule has 0 aliphatic carbocycles. The first kappa shape index (κ1) is 14.9. The Balaban J connectivity index is 1.59. The van der Waals surface area contributed by atoms with E-state index in [-0.39, 0.29) is 11.8 Å². The molecule has 0 saturated carbocycles. The van der Waals surface area contributed by atoms with E-state index in [4.69, 9.17) is 9.47 Å². The second-order valence-corrected chi connectivity index (χ2v) is 5.39. The van der Waals surface area contributed by atoms with Gasteiger partial charge >= 0.3 is 0 Å². The molecule has 0 unspecified atom stereocenters. The van der Waals surface area contributed by atoms with Gasteiger partial charge in [0.25, 0.3) is 11.8 Å². The third kappa shape index (κ3) is 3.61. The Bertz CT molecular complexity index is 506. The van der Waals surface area contributed by atoms with Crippen LogP contribution in [-0.4, -0.2) is 42.2 Å². The molecular weight excluding hydrogens is 286 g/mol. The van der Waals surface area contributed by atoms with Crippen LogP contribution in [-0.2, 0) is 19.1 Å². The van der Waals surface area contributed by atoms with Gasteiger partial charge in [-0.05, 0) is 37.8 Å². The van der Waals surface area contributed by atoms with Gasteiger partial charge in [-0.3, -0.25) is 9.59 Å². The molecule has 2 aliphatic heterocycles. The number of carbonyl (C=O) groups excluding carboxylic acids is 2. The Morgan fingerprint density at radius 3 is 1.86 bits per heavy atom. The topological polar surface area (TPSA) is 89.6 Å². The van der Waals surface area contributed by atoms with Crippen molar-refractivity contribution in [3.63, 3.8) is 0 Å². The van der Waals surface area contributed by atoms with Crippen molar-refractivity contribution in [2.45, 2.75) is 37.9 Å². The molecule has 2 N–H and O–H groups in total. The maximum absolute atomic E-state index is 12.0. The predicted octanol–water partition coefficient (Wildman–Crippen LogP) is 1.32. The highest BCUT2D eigenvalue weighted by Gasteiger charge is 2.25. The monoisotopic (exact) mass is 305 g/mol. The van der Waals surface area contributed by atoms with Crippen molar-refractivity contribution in [3.05, 3.63) is 18.2 Å². The molecule has 2 atom stereocenters. The van der Waals surface area contributed by atoms with Crippen molar-refractivity contribution in [2.24, 2.45) is 0 Å². The van der Waals surface area contributed by atoms with Gasteiger partial charge in [0.2, 0.25) is 0 Å². The number of rotatable bonds is 4. The number of amides is 2. The van der Waals surface area contributed by atoms with Gasteiger partial charge in [0.1, 0.15) is 23.8 Å². The fourth-order valence-corrected chi connectivity index (χ4v) is 2.56. The normalized spacial score (nSPS) is 24.2. The second kappa shape index (κ2) is 6.85. The van der Waals surface area contributed by atoms with E-state index in [1.165, 1.54) is 0 Å². The van der Waals surface area contributed by atoms with Crippen LogP contribution < -0.4 is 10.6 Å². The molecule has 1 aromatic rings. The third-order valence-corrected chi connectivity index (χ3v) is 3.70. The number of aromatic nitrogens is 1. The fourth-order valence-electron chi connectivity index (χ4n) is 2.56. The highest BCUT2D eigenvalue weighted by atomic mass is 16.5. The summed E-state index contributed by atoms with van der Waals surface area (Å²) in [6.45, 7) is 1.23. The Morgan fingerprint density at radius 1 is 0.955 bits per heavy atom. The van der Waals surface area contributed by atoms with Crippen LogP contribution in [0.1, 0.15) is 25.7 Å². The van der Waals surface area contributed by atoms with Crippen LogP contribution in [0.2, 0.25) is 0 Å². The minimum Gasteiger partial charge on any atom is -0.368 e. The van der Waals surface area contributed by atoms with Crippen molar-refractivity contribution < 1.29 is 19.1 Å². The van der Waals surface area contributed by atoms with Crippen LogP contribution in [0.5, 0.6) is 0 Å². The van der Waals surface area contributed by atoms with Crippen molar-refractivity contribution in [2.75, 3.05) is 23.8 Å². The lowest BCUT2D eigenvalue weighted by molar-refractivity contribution is -0.125. The van der Waals surface area contributed by atoms with Crippen LogP contribution in [0.4, 0.5) is 11.6 Å². The van der Waals surface area contributed by atoms with E-state index in [1.807, 2.05) is 0 Å². The molecule has 22 heavy (non-hydrogen) atoms. The lowest BCUT2D eigenvalue weighted by atomic mass is 10.2. The van der Waals surface area contributed by atoms with E-state index in [2.05, 4.69) is 15.6 Å². The number of hydrogen-bond acceptors (Lipinski definition) is 5. The number of nitrogens with one attached hydrogen (secondary N) is 2. The molecule has 2 saturated heterocycles. The van der Waals surface area contributed by atoms with Gasteiger partial charge in [0, 0.05) is 13.2 Å². The molecule has 0 aromatic carbocycles. The summed E-state index contributed by atoms with van der Waals surface area (Å²) in [5.41, 5.74) is 0. The van der Waals surface area contributed by atoms with Gasteiger partial charge < -0.3 is 20.1 Å². The Kier molecular flexibility index (Phi) is 4.65. The van der Waals surface area contributed by atoms with Gasteiger partial charge in [-0.2, -0.15) is 0 Å². The molecular formula is C15H19N3O4. The standard InChI is InChI=1S/C15H19N3O4/c19-14(10-4-2-8-21-10)17-12-6-1-7-13(16-12)18-15(20)11-5-3-9-22-11/h1,6-7,10-11H,2-5,8-9H2,(H2,16,17,18,19,20)/t10-,11-/m0/s1. The zero-order valence-corrected chi connectivity index (χ0v) is 12.2. The maximum atomic E-state index is 12.0. The number of hydrogen-bond donors (Lipinski definition) is 2. The number of pyridine rings is 1. The molecule has 2 fully saturated rings. The van der Waals surface area contributed by atoms with E-state index in [1.54, 1.807) is 18.2 Å². The van der Waals surface area contributed by atoms with Gasteiger partial charge in [-0.15, -0.1) is 0 Å². The molecule has 2 aliphatic rings. The van der Waals surface area contributed by atoms with Crippen LogP contribution in [0.15, 0.2) is 18.2 Å². The first-order chi connectivity index (χ1) is 10.7. The largest absolute Gasteiger partial charge is 0.368 e. The summed E-state index contributed by atoms with van der Waals surface area (Å²) < 4.78 is 10.6. The molecule has 3 heterocycles. The van der Waals surface area contributed by atoms with E-state index < -0.39 is 12.2 Å². The maximum Gasteiger partial charge on any atom is 0.254 e. The van der Waals surface area contributed by atoms with Crippen molar-refractivity contribution in [1.29, 1.82) is 0 Å². The summed E-state index contributed by atoms with van der Waals surface area (Å²) in [6, 6.07) is 5.08. The van der Waals surface area contributed by atoms with Crippen molar-refractivity contribution >= 4 is 23.5 Å². The highest BCUT2D eigenvalue weighted by Crippen LogP contribution is 2.17. The summed E-state index contributed by atoms with van der Waals surface area (Å²) in [5.74, 6) is 0.386. The zero-order valence-electron chi connectivity index (χ0n) is 12.2. The molecule has 7 heteroatoms. The van der Waals surface area contributed by atoms with Crippen LogP contribution >= 0.6 is 0 Å². The molecule has 1 aromatic heterocycles. The average Bonchev–Trinajstić information content (AvgIpc) is 3.21. The van der Waals surface area contributed by atoms with Gasteiger partial charge in [-0.25, -0.2) is 4.98 Å². The summed E-state index contributed by atoms with van der Waals surface area (Å²) in [4.78, 5) is 28.2. The van der Waals surface area contributed by atoms with Gasteiger partial charge in [0.05, 0.1) is 0 Å². The zero-order chi connectivity index (χ0) is 15.4. The summed E-state index contributed by atoms with van der Waals surface area (Å²) in [5, 5.41) is 5.42. The smallest absolute Gasteiger partial charge is 0.254 e. The Morgan fingerprint density at radius 2 is 1.45 bits per heavy atom. The van der Waals surface area contributed by atoms with E-state index >= 15 is 0 Å². The number of carbonyl (C=O) groups is 2. The second-order valence-electron chi connectivity index (χ2n) is 5.39. The molecule has 7 nitrogen and oxygen atoms in total. The molecule has 2 amide bonds. The summed E-state index contributed by atoms with van der Waals surface area (Å²) in [6.07, 6.45) is 2.41. The number of anilines is 2. The lowest BCUT2D eigenvalue weighted by Gasteiger charge is -2.12. The minimum atomic E-state index is -0.410. The SMILES string of the molecule is O=C(Nc1cccc(NC(=O)[C@@H]2CCCO2)n1)[C@@H]1CCCO1. The van der Waals surface area contributed by atoms with E-state index in [9.17, 15) is 9.59 Å². The van der Waals surface area contributed by atoms with E-state index in [0.717, 1.165) is 25.7 Å². The van der Waals surface area contributed by atoms with Crippen LogP contribution in [0, 0.1) is 0 Å². The van der Waals surface area contributed by atoms with Crippen LogP contribution in [0.25, 0.3) is 0 Å². The minimum absolute atomic E-state index is 0.201. The first-order valence-corrected chi connectivity index (χ1v) is 7.54. The van der Waals surface area contributed by atoms with Gasteiger partial charge in [0.15, 0.2) is 0 Å². The van der Waals surface area contributed by atoms with E-state index in [0.29, 0.717) is 24.8 Å². The molecule has 0 bridgehead atoms. The number of ether oxygens (including phenoxy) is 2. The Hall–Kier alpha value is -1.99. The first-order valence-electron chi connectivity index (χ1n) is 7.54. The average molecular weight is 305 g/mol. The molecule has 0 spiro atoms. The fraction of sp³-hybridized carbons (Fsp3) is 0.533. The highest BCUT2D eigenvalue weighted by molar-refractivity contribution is 5.95. The Labute approximate surface area is 128 Å². The predicted molar refractivity (Wildman–Crippen MR) is 79.4 cm³/mol. The summed E-state index contributed by atoms with van der Waals surface area (Å²) >= 11 is 0. The molecule has 118 valence electrons. The summed E-state index contributed by atoms with van der Waals surface area (Å²) in [7, 11) is 0. The molecule has 0 radical (unpaired) electrons. The third-order valence-electron chi connectivity index (χ3n) is 3.70. The van der Waals surface area contributed by atoms with Gasteiger partial charge in [-0.1, -0.05) is 6.07 Å². The van der Waals surface area contributed by atoms with Crippen molar-refractivity contribution in [3.8, 4) is 0 Å². The molecule has 3 rings (SSSR count). The lowest BCUT2D eigenvalue weighted by Crippen LogP contribution is -2.28.